The number of hydrogen-bond donors (Lipinski definition) is 1. The van der Waals surface area contributed by atoms with Crippen molar-refractivity contribution in [1.29, 1.82) is 0 Å². The van der Waals surface area contributed by atoms with Crippen LogP contribution in [-0.2, 0) is 0 Å². The van der Waals surface area contributed by atoms with Crippen LogP contribution in [0.15, 0.2) is 6.20 Å². The predicted octanol–water partition coefficient (Wildman–Crippen LogP) is 2.59. The molecule has 70 valence electrons. The molecule has 1 atom stereocenters. The van der Waals surface area contributed by atoms with Crippen LogP contribution < -0.4 is 0 Å². The lowest BCUT2D eigenvalue weighted by Gasteiger charge is -2.10. The highest BCUT2D eigenvalue weighted by Crippen LogP contribution is 2.19. The molecule has 3 heteroatoms. The Morgan fingerprint density at radius 1 is 1.25 bits per heavy atom. The first-order valence-electron chi connectivity index (χ1n) is 4.57. The zero-order valence-electron chi connectivity index (χ0n) is 8.63. The molecule has 0 fully saturated rings. The zero-order valence-corrected chi connectivity index (χ0v) is 8.63. The summed E-state index contributed by atoms with van der Waals surface area (Å²) in [5.41, 5.74) is 1.05. The Kier molecular flexibility index (Phi) is 5.34. The predicted molar refractivity (Wildman–Crippen MR) is 51.0 cm³/mol. The van der Waals surface area contributed by atoms with Crippen LogP contribution in [0.4, 0.5) is 0 Å². The van der Waals surface area contributed by atoms with E-state index in [4.69, 9.17) is 0 Å². The second-order valence-electron chi connectivity index (χ2n) is 2.93. The fraction of sp³-hybridized carbons (Fsp3) is 0.778. The summed E-state index contributed by atoms with van der Waals surface area (Å²) < 4.78 is 0. The van der Waals surface area contributed by atoms with Crippen molar-refractivity contribution in [3.8, 4) is 0 Å². The molecule has 0 radical (unpaired) electrons. The molecule has 1 heterocycles. The van der Waals surface area contributed by atoms with Crippen LogP contribution in [0.25, 0.3) is 0 Å². The van der Waals surface area contributed by atoms with Crippen LogP contribution >= 0.6 is 0 Å². The van der Waals surface area contributed by atoms with E-state index in [1.54, 1.807) is 6.20 Å². The van der Waals surface area contributed by atoms with Crippen LogP contribution in [0.5, 0.6) is 0 Å². The molecule has 1 unspecified atom stereocenters. The summed E-state index contributed by atoms with van der Waals surface area (Å²) >= 11 is 0. The van der Waals surface area contributed by atoms with Gasteiger partial charge in [-0.3, -0.25) is 0 Å². The number of rotatable bonds is 2. The van der Waals surface area contributed by atoms with Gasteiger partial charge in [-0.2, -0.15) is 15.4 Å². The number of nitrogens with one attached hydrogen (secondary N) is 1. The molecule has 0 saturated heterocycles. The maximum absolute atomic E-state index is 4.00. The van der Waals surface area contributed by atoms with Gasteiger partial charge >= 0.3 is 0 Å². The molecule has 1 aromatic heterocycles. The molecular formula is C9H19N3. The van der Waals surface area contributed by atoms with Gasteiger partial charge in [0, 0.05) is 5.92 Å². The molecule has 0 aromatic carbocycles. The number of H-pyrrole nitrogens is 1. The van der Waals surface area contributed by atoms with E-state index in [2.05, 4.69) is 36.2 Å². The first kappa shape index (κ1) is 11.1. The molecule has 1 N–H and O–H groups in total. The minimum Gasteiger partial charge on any atom is -0.198 e. The van der Waals surface area contributed by atoms with E-state index in [1.165, 1.54) is 0 Å². The molecular weight excluding hydrogens is 150 g/mol. The smallest absolute Gasteiger partial charge is 0.0855 e. The number of aromatic amines is 1. The van der Waals surface area contributed by atoms with E-state index >= 15 is 0 Å². The Morgan fingerprint density at radius 2 is 1.83 bits per heavy atom. The van der Waals surface area contributed by atoms with Crippen molar-refractivity contribution >= 4 is 0 Å². The summed E-state index contributed by atoms with van der Waals surface area (Å²) in [6, 6.07) is 0. The molecule has 0 aliphatic carbocycles. The van der Waals surface area contributed by atoms with E-state index in [1.807, 2.05) is 13.8 Å². The van der Waals surface area contributed by atoms with Gasteiger partial charge in [0.05, 0.1) is 11.9 Å². The monoisotopic (exact) mass is 169 g/mol. The number of aromatic nitrogens is 3. The molecule has 1 aromatic rings. The third-order valence-electron chi connectivity index (χ3n) is 1.90. The molecule has 0 spiro atoms. The van der Waals surface area contributed by atoms with Crippen molar-refractivity contribution < 1.29 is 0 Å². The van der Waals surface area contributed by atoms with Crippen molar-refractivity contribution in [2.24, 2.45) is 5.92 Å². The summed E-state index contributed by atoms with van der Waals surface area (Å²) in [6.07, 6.45) is 1.78. The minimum absolute atomic E-state index is 0.499. The van der Waals surface area contributed by atoms with E-state index in [9.17, 15) is 0 Å². The van der Waals surface area contributed by atoms with Crippen molar-refractivity contribution in [3.63, 3.8) is 0 Å². The Balaban J connectivity index is 0.000000561. The van der Waals surface area contributed by atoms with E-state index in [0.717, 1.165) is 5.69 Å². The molecule has 0 saturated carbocycles. The Bertz CT molecular complexity index is 180. The molecule has 12 heavy (non-hydrogen) atoms. The quantitative estimate of drug-likeness (QED) is 0.739. The summed E-state index contributed by atoms with van der Waals surface area (Å²) in [5, 5.41) is 10.4. The first-order chi connectivity index (χ1) is 5.72. The maximum atomic E-state index is 4.00. The van der Waals surface area contributed by atoms with Gasteiger partial charge in [-0.1, -0.05) is 34.6 Å². The van der Waals surface area contributed by atoms with Gasteiger partial charge in [-0.05, 0) is 5.92 Å². The number of nitrogens with zero attached hydrogens (tertiary/aromatic N) is 2. The Morgan fingerprint density at radius 3 is 2.17 bits per heavy atom. The molecule has 0 amide bonds. The lowest BCUT2D eigenvalue weighted by Crippen LogP contribution is -2.01. The van der Waals surface area contributed by atoms with Crippen LogP contribution in [0.2, 0.25) is 0 Å². The highest BCUT2D eigenvalue weighted by Gasteiger charge is 2.11. The average molecular weight is 169 g/mol. The molecule has 0 bridgehead atoms. The fourth-order valence-electron chi connectivity index (χ4n) is 0.771. The second-order valence-corrected chi connectivity index (χ2v) is 2.93. The van der Waals surface area contributed by atoms with Gasteiger partial charge in [0.1, 0.15) is 0 Å². The lowest BCUT2D eigenvalue weighted by atomic mass is 9.95. The lowest BCUT2D eigenvalue weighted by molar-refractivity contribution is 0.522. The summed E-state index contributed by atoms with van der Waals surface area (Å²) in [5.74, 6) is 1.13. The van der Waals surface area contributed by atoms with E-state index < -0.39 is 0 Å². The van der Waals surface area contributed by atoms with Gasteiger partial charge < -0.3 is 0 Å². The van der Waals surface area contributed by atoms with E-state index in [0.29, 0.717) is 11.8 Å². The Hall–Kier alpha value is -0.860. The van der Waals surface area contributed by atoms with Crippen molar-refractivity contribution in [2.75, 3.05) is 0 Å². The normalized spacial score (nSPS) is 12.2. The molecule has 0 aliphatic rings. The first-order valence-corrected chi connectivity index (χ1v) is 4.57. The second kappa shape index (κ2) is 5.75. The fourth-order valence-corrected chi connectivity index (χ4v) is 0.771. The number of hydrogen-bond acceptors (Lipinski definition) is 2. The zero-order chi connectivity index (χ0) is 9.56. The van der Waals surface area contributed by atoms with Gasteiger partial charge in [0.2, 0.25) is 0 Å². The third-order valence-corrected chi connectivity index (χ3v) is 1.90. The van der Waals surface area contributed by atoms with E-state index in [-0.39, 0.29) is 0 Å². The van der Waals surface area contributed by atoms with Crippen molar-refractivity contribution in [3.05, 3.63) is 11.9 Å². The largest absolute Gasteiger partial charge is 0.198 e. The van der Waals surface area contributed by atoms with Crippen LogP contribution in [0, 0.1) is 5.92 Å². The van der Waals surface area contributed by atoms with Crippen LogP contribution in [-0.4, -0.2) is 15.4 Å². The van der Waals surface area contributed by atoms with Gasteiger partial charge in [0.15, 0.2) is 0 Å². The highest BCUT2D eigenvalue weighted by atomic mass is 15.3. The van der Waals surface area contributed by atoms with Gasteiger partial charge in [0.25, 0.3) is 0 Å². The summed E-state index contributed by atoms with van der Waals surface area (Å²) in [4.78, 5) is 0. The maximum Gasteiger partial charge on any atom is 0.0855 e. The molecule has 3 nitrogen and oxygen atoms in total. The molecule has 1 rings (SSSR count). The third kappa shape index (κ3) is 3.03. The topological polar surface area (TPSA) is 41.6 Å². The van der Waals surface area contributed by atoms with Gasteiger partial charge in [-0.15, -0.1) is 0 Å². The minimum atomic E-state index is 0.499. The summed E-state index contributed by atoms with van der Waals surface area (Å²) in [6.45, 7) is 10.5. The SMILES string of the molecule is CC.CC(C)C(C)c1cn[nH]n1. The standard InChI is InChI=1S/C7H13N3.C2H6/c1-5(2)6(3)7-4-8-10-9-7;1-2/h4-6H,1-3H3,(H,8,9,10);1-2H3. The highest BCUT2D eigenvalue weighted by molar-refractivity contribution is 4.99. The Labute approximate surface area is 74.6 Å². The van der Waals surface area contributed by atoms with Crippen molar-refractivity contribution in [1.82, 2.24) is 15.4 Å². The summed E-state index contributed by atoms with van der Waals surface area (Å²) in [7, 11) is 0. The van der Waals surface area contributed by atoms with Crippen LogP contribution in [0.3, 0.4) is 0 Å². The molecule has 0 aliphatic heterocycles. The van der Waals surface area contributed by atoms with Gasteiger partial charge in [-0.25, -0.2) is 0 Å². The average Bonchev–Trinajstić information content (AvgIpc) is 2.58. The van der Waals surface area contributed by atoms with Crippen LogP contribution in [0.1, 0.15) is 46.2 Å². The van der Waals surface area contributed by atoms with Crippen molar-refractivity contribution in [2.45, 2.75) is 40.5 Å².